The summed E-state index contributed by atoms with van der Waals surface area (Å²) in [4.78, 5) is 5.38. The molecule has 4 rings (SSSR count). The Kier molecular flexibility index (Phi) is 3.86. The Morgan fingerprint density at radius 3 is 2.76 bits per heavy atom. The van der Waals surface area contributed by atoms with E-state index in [9.17, 15) is 8.42 Å². The highest BCUT2D eigenvalue weighted by Gasteiger charge is 2.25. The van der Waals surface area contributed by atoms with Crippen molar-refractivity contribution in [3.63, 3.8) is 0 Å². The molecule has 0 saturated carbocycles. The number of thiophene rings is 1. The Hall–Kier alpha value is -2.23. The summed E-state index contributed by atoms with van der Waals surface area (Å²) < 4.78 is 30.8. The Labute approximate surface area is 152 Å². The van der Waals surface area contributed by atoms with Crippen molar-refractivity contribution in [3.05, 3.63) is 47.5 Å². The monoisotopic (exact) mass is 390 g/mol. The number of aryl methyl sites for hydroxylation is 2. The van der Waals surface area contributed by atoms with Gasteiger partial charge in [0.1, 0.15) is 10.6 Å². The smallest absolute Gasteiger partial charge is 0.267 e. The lowest BCUT2D eigenvalue weighted by Gasteiger charge is -2.04. The van der Waals surface area contributed by atoms with Gasteiger partial charge in [0.05, 0.1) is 15.1 Å². The Morgan fingerprint density at radius 2 is 2.04 bits per heavy atom. The summed E-state index contributed by atoms with van der Waals surface area (Å²) in [5.41, 5.74) is 2.28. The first kappa shape index (κ1) is 16.2. The third kappa shape index (κ3) is 2.94. The number of benzene rings is 1. The first-order valence-corrected chi connectivity index (χ1v) is 10.6. The maximum absolute atomic E-state index is 12.9. The molecular weight excluding hydrogens is 376 g/mol. The molecule has 3 heterocycles. The van der Waals surface area contributed by atoms with Gasteiger partial charge in [-0.25, -0.2) is 13.4 Å². The van der Waals surface area contributed by atoms with Crippen LogP contribution >= 0.6 is 22.7 Å². The summed E-state index contributed by atoms with van der Waals surface area (Å²) in [6.45, 7) is 1.95. The van der Waals surface area contributed by atoms with Gasteiger partial charge in [0.15, 0.2) is 5.13 Å². The highest BCUT2D eigenvalue weighted by atomic mass is 32.2. The van der Waals surface area contributed by atoms with E-state index in [0.717, 1.165) is 20.7 Å². The van der Waals surface area contributed by atoms with Crippen LogP contribution in [0, 0.1) is 6.92 Å². The molecule has 0 aliphatic heterocycles. The van der Waals surface area contributed by atoms with E-state index in [4.69, 9.17) is 0 Å². The molecule has 0 bridgehead atoms. The number of hydrogen-bond donors (Lipinski definition) is 1. The molecule has 0 aliphatic rings. The molecular formula is C16H14N4O2S3. The van der Waals surface area contributed by atoms with Gasteiger partial charge < -0.3 is 0 Å². The van der Waals surface area contributed by atoms with Crippen LogP contribution in [0.4, 0.5) is 5.13 Å². The fourth-order valence-corrected chi connectivity index (χ4v) is 5.71. The van der Waals surface area contributed by atoms with Crippen LogP contribution in [0.5, 0.6) is 0 Å². The molecule has 1 aromatic carbocycles. The van der Waals surface area contributed by atoms with E-state index in [2.05, 4.69) is 14.8 Å². The van der Waals surface area contributed by atoms with E-state index in [1.807, 2.05) is 42.6 Å². The third-order valence-electron chi connectivity index (χ3n) is 3.68. The van der Waals surface area contributed by atoms with Crippen LogP contribution in [0.2, 0.25) is 0 Å². The lowest BCUT2D eigenvalue weighted by Crippen LogP contribution is -2.13. The van der Waals surface area contributed by atoms with Gasteiger partial charge in [-0.2, -0.15) is 5.10 Å². The molecule has 0 amide bonds. The summed E-state index contributed by atoms with van der Waals surface area (Å²) in [7, 11) is -2.08. The van der Waals surface area contributed by atoms with Crippen LogP contribution in [0.1, 0.15) is 5.56 Å². The normalized spacial score (nSPS) is 11.9. The molecule has 0 aliphatic carbocycles. The first-order chi connectivity index (χ1) is 11.9. The summed E-state index contributed by atoms with van der Waals surface area (Å²) in [5.74, 6) is 0. The van der Waals surface area contributed by atoms with Crippen LogP contribution in [0.3, 0.4) is 0 Å². The van der Waals surface area contributed by atoms with E-state index in [-0.39, 0.29) is 4.90 Å². The number of sulfonamides is 1. The van der Waals surface area contributed by atoms with Crippen LogP contribution in [0.15, 0.2) is 46.8 Å². The Bertz CT molecular complexity index is 1160. The minimum absolute atomic E-state index is 0.147. The third-order valence-corrected chi connectivity index (χ3v) is 6.96. The van der Waals surface area contributed by atoms with Crippen molar-refractivity contribution in [2.75, 3.05) is 4.72 Å². The van der Waals surface area contributed by atoms with E-state index < -0.39 is 10.0 Å². The van der Waals surface area contributed by atoms with Crippen molar-refractivity contribution in [2.45, 2.75) is 11.8 Å². The Morgan fingerprint density at radius 1 is 1.20 bits per heavy atom. The maximum Gasteiger partial charge on any atom is 0.267 e. The minimum Gasteiger partial charge on any atom is -0.274 e. The molecule has 0 spiro atoms. The molecule has 128 valence electrons. The maximum atomic E-state index is 12.9. The van der Waals surface area contributed by atoms with Crippen molar-refractivity contribution in [3.8, 4) is 10.6 Å². The molecule has 0 fully saturated rings. The standard InChI is InChI=1S/C16H14N4O2S3/c1-10-5-3-6-12-14(10)17-16(24-12)19-25(21,22)13-9-20(2)18-15(13)11-7-4-8-23-11/h3-9H,1-2H3,(H,17,19). The largest absolute Gasteiger partial charge is 0.274 e. The number of para-hydroxylation sites is 1. The summed E-state index contributed by atoms with van der Waals surface area (Å²) in [5, 5.41) is 6.55. The highest BCUT2D eigenvalue weighted by Crippen LogP contribution is 2.33. The summed E-state index contributed by atoms with van der Waals surface area (Å²) in [6.07, 6.45) is 1.51. The Balaban J connectivity index is 1.76. The number of hydrogen-bond acceptors (Lipinski definition) is 6. The second-order valence-electron chi connectivity index (χ2n) is 5.54. The molecule has 0 unspecified atom stereocenters. The topological polar surface area (TPSA) is 76.9 Å². The van der Waals surface area contributed by atoms with Crippen molar-refractivity contribution in [1.82, 2.24) is 14.8 Å². The van der Waals surface area contributed by atoms with Crippen LogP contribution < -0.4 is 4.72 Å². The SMILES string of the molecule is Cc1cccc2sc(NS(=O)(=O)c3cn(C)nc3-c3cccs3)nc12. The van der Waals surface area contributed by atoms with Crippen LogP contribution in [-0.2, 0) is 17.1 Å². The van der Waals surface area contributed by atoms with Crippen molar-refractivity contribution < 1.29 is 8.42 Å². The summed E-state index contributed by atoms with van der Waals surface area (Å²) in [6, 6.07) is 9.54. The number of nitrogens with zero attached hydrogens (tertiary/aromatic N) is 3. The van der Waals surface area contributed by atoms with Crippen LogP contribution in [-0.4, -0.2) is 23.2 Å². The molecule has 25 heavy (non-hydrogen) atoms. The number of anilines is 1. The van der Waals surface area contributed by atoms with Gasteiger partial charge in [-0.15, -0.1) is 11.3 Å². The fourth-order valence-electron chi connectivity index (χ4n) is 2.55. The molecule has 4 aromatic rings. The van der Waals surface area contributed by atoms with Gasteiger partial charge in [-0.05, 0) is 30.0 Å². The molecule has 0 atom stereocenters. The van der Waals surface area contributed by atoms with Gasteiger partial charge in [-0.1, -0.05) is 29.5 Å². The van der Waals surface area contributed by atoms with Crippen molar-refractivity contribution in [1.29, 1.82) is 0 Å². The molecule has 6 nitrogen and oxygen atoms in total. The average molecular weight is 391 g/mol. The number of nitrogens with one attached hydrogen (secondary N) is 1. The fraction of sp³-hybridized carbons (Fsp3) is 0.125. The van der Waals surface area contributed by atoms with E-state index in [1.165, 1.54) is 33.6 Å². The highest BCUT2D eigenvalue weighted by molar-refractivity contribution is 7.93. The minimum atomic E-state index is -3.79. The van der Waals surface area contributed by atoms with E-state index in [0.29, 0.717) is 10.8 Å². The van der Waals surface area contributed by atoms with E-state index in [1.54, 1.807) is 7.05 Å². The lowest BCUT2D eigenvalue weighted by atomic mass is 10.2. The van der Waals surface area contributed by atoms with Gasteiger partial charge in [-0.3, -0.25) is 9.40 Å². The average Bonchev–Trinajstić information content (AvgIpc) is 3.25. The molecule has 3 aromatic heterocycles. The second kappa shape index (κ2) is 5.94. The first-order valence-electron chi connectivity index (χ1n) is 7.40. The molecule has 0 saturated heterocycles. The second-order valence-corrected chi connectivity index (χ2v) is 9.17. The zero-order valence-electron chi connectivity index (χ0n) is 13.4. The molecule has 0 radical (unpaired) electrons. The van der Waals surface area contributed by atoms with Crippen molar-refractivity contribution in [2.24, 2.45) is 7.05 Å². The van der Waals surface area contributed by atoms with Gasteiger partial charge in [0.25, 0.3) is 10.0 Å². The number of thiazole rings is 1. The summed E-state index contributed by atoms with van der Waals surface area (Å²) >= 11 is 2.77. The van der Waals surface area contributed by atoms with Gasteiger partial charge in [0, 0.05) is 13.2 Å². The van der Waals surface area contributed by atoms with Crippen LogP contribution in [0.25, 0.3) is 20.8 Å². The number of rotatable bonds is 4. The lowest BCUT2D eigenvalue weighted by molar-refractivity contribution is 0.601. The quantitative estimate of drug-likeness (QED) is 0.574. The number of aromatic nitrogens is 3. The predicted molar refractivity (Wildman–Crippen MR) is 102 cm³/mol. The van der Waals surface area contributed by atoms with Gasteiger partial charge in [0.2, 0.25) is 0 Å². The predicted octanol–water partition coefficient (Wildman–Crippen LogP) is 3.87. The van der Waals surface area contributed by atoms with E-state index >= 15 is 0 Å². The number of fused-ring (bicyclic) bond motifs is 1. The van der Waals surface area contributed by atoms with Gasteiger partial charge >= 0.3 is 0 Å². The zero-order valence-corrected chi connectivity index (χ0v) is 15.9. The molecule has 9 heteroatoms. The zero-order chi connectivity index (χ0) is 17.6. The van der Waals surface area contributed by atoms with Crippen molar-refractivity contribution >= 4 is 48.0 Å². The molecule has 1 N–H and O–H groups in total.